The third-order valence-corrected chi connectivity index (χ3v) is 7.69. The summed E-state index contributed by atoms with van der Waals surface area (Å²) in [7, 11) is -2.12. The third-order valence-electron chi connectivity index (χ3n) is 6.49. The largest absolute Gasteiger partial charge is 0.497 e. The summed E-state index contributed by atoms with van der Waals surface area (Å²) < 4.78 is 36.8. The topological polar surface area (TPSA) is 108 Å². The van der Waals surface area contributed by atoms with E-state index in [1.165, 1.54) is 4.90 Å². The van der Waals surface area contributed by atoms with Crippen LogP contribution in [-0.4, -0.2) is 99.7 Å². The van der Waals surface area contributed by atoms with Crippen LogP contribution in [0.2, 0.25) is 0 Å². The SMILES string of the molecule is COc1ccc(CN(C(=O)CN(Cc2ccccc2)S(C)(=O)=O)[C@H](C)C(=O)NCCN2CCOCC2)cc1. The van der Waals surface area contributed by atoms with Crippen LogP contribution in [0.1, 0.15) is 18.1 Å². The summed E-state index contributed by atoms with van der Waals surface area (Å²) in [5.41, 5.74) is 1.56. The smallest absolute Gasteiger partial charge is 0.242 e. The lowest BCUT2D eigenvalue weighted by Gasteiger charge is -2.31. The number of hydrogen-bond donors (Lipinski definition) is 1. The van der Waals surface area contributed by atoms with Crippen molar-refractivity contribution in [1.82, 2.24) is 19.4 Å². The van der Waals surface area contributed by atoms with Gasteiger partial charge in [-0.15, -0.1) is 0 Å². The van der Waals surface area contributed by atoms with Gasteiger partial charge >= 0.3 is 0 Å². The van der Waals surface area contributed by atoms with Crippen LogP contribution < -0.4 is 10.1 Å². The van der Waals surface area contributed by atoms with Crippen molar-refractivity contribution in [1.29, 1.82) is 0 Å². The molecule has 1 fully saturated rings. The van der Waals surface area contributed by atoms with Gasteiger partial charge in [0.05, 0.1) is 33.1 Å². The fraction of sp³-hybridized carbons (Fsp3) is 0.481. The standard InChI is InChI=1S/C27H38N4O6S/c1-22(27(33)28-13-14-29-15-17-37-18-16-29)31(20-24-9-11-25(36-2)12-10-24)26(32)21-30(38(3,34)35)19-23-7-5-4-6-8-23/h4-12,22H,13-21H2,1-3H3,(H,28,33)/t22-/m1/s1. The molecule has 1 aliphatic heterocycles. The summed E-state index contributed by atoms with van der Waals surface area (Å²) in [6.07, 6.45) is 1.08. The van der Waals surface area contributed by atoms with E-state index in [1.807, 2.05) is 42.5 Å². The molecule has 1 N–H and O–H groups in total. The van der Waals surface area contributed by atoms with Crippen molar-refractivity contribution in [2.45, 2.75) is 26.1 Å². The molecule has 11 heteroatoms. The number of carbonyl (C=O) groups excluding carboxylic acids is 2. The van der Waals surface area contributed by atoms with Crippen molar-refractivity contribution in [3.63, 3.8) is 0 Å². The molecule has 1 aliphatic rings. The van der Waals surface area contributed by atoms with E-state index in [4.69, 9.17) is 9.47 Å². The predicted molar refractivity (Wildman–Crippen MR) is 145 cm³/mol. The minimum absolute atomic E-state index is 0.0575. The fourth-order valence-corrected chi connectivity index (χ4v) is 4.87. The number of carbonyl (C=O) groups is 2. The lowest BCUT2D eigenvalue weighted by atomic mass is 10.1. The number of sulfonamides is 1. The van der Waals surface area contributed by atoms with E-state index in [0.717, 1.165) is 34.8 Å². The molecule has 0 unspecified atom stereocenters. The summed E-state index contributed by atoms with van der Waals surface area (Å²) >= 11 is 0. The Morgan fingerprint density at radius 3 is 2.26 bits per heavy atom. The number of nitrogens with one attached hydrogen (secondary N) is 1. The van der Waals surface area contributed by atoms with E-state index in [2.05, 4.69) is 10.2 Å². The zero-order valence-electron chi connectivity index (χ0n) is 22.3. The van der Waals surface area contributed by atoms with E-state index in [9.17, 15) is 18.0 Å². The number of hydrogen-bond acceptors (Lipinski definition) is 7. The normalized spacial score (nSPS) is 15.2. The Bertz CT molecular complexity index is 1140. The van der Waals surface area contributed by atoms with E-state index in [0.29, 0.717) is 32.1 Å². The molecule has 0 aliphatic carbocycles. The van der Waals surface area contributed by atoms with Crippen LogP contribution in [0.5, 0.6) is 5.75 Å². The highest BCUT2D eigenvalue weighted by molar-refractivity contribution is 7.88. The number of morpholine rings is 1. The first kappa shape index (κ1) is 29.6. The van der Waals surface area contributed by atoms with Crippen molar-refractivity contribution < 1.29 is 27.5 Å². The first-order chi connectivity index (χ1) is 18.2. The summed E-state index contributed by atoms with van der Waals surface area (Å²) in [4.78, 5) is 30.3. The molecule has 0 saturated carbocycles. The van der Waals surface area contributed by atoms with Crippen LogP contribution >= 0.6 is 0 Å². The number of benzene rings is 2. The molecule has 0 spiro atoms. The number of ether oxygens (including phenoxy) is 2. The first-order valence-electron chi connectivity index (χ1n) is 12.7. The maximum atomic E-state index is 13.6. The van der Waals surface area contributed by atoms with Gasteiger partial charge in [-0.2, -0.15) is 4.31 Å². The minimum Gasteiger partial charge on any atom is -0.497 e. The van der Waals surface area contributed by atoms with Gasteiger partial charge in [0.2, 0.25) is 21.8 Å². The highest BCUT2D eigenvalue weighted by atomic mass is 32.2. The molecule has 1 heterocycles. The summed E-state index contributed by atoms with van der Waals surface area (Å²) in [5, 5.41) is 2.93. The van der Waals surface area contributed by atoms with Gasteiger partial charge in [0.25, 0.3) is 0 Å². The molecule has 3 rings (SSSR count). The van der Waals surface area contributed by atoms with Gasteiger partial charge in [0.15, 0.2) is 0 Å². The van der Waals surface area contributed by atoms with E-state index in [1.54, 1.807) is 26.2 Å². The highest BCUT2D eigenvalue weighted by Crippen LogP contribution is 2.16. The molecule has 2 aromatic rings. The van der Waals surface area contributed by atoms with Gasteiger partial charge in [0, 0.05) is 39.3 Å². The second-order valence-electron chi connectivity index (χ2n) is 9.31. The van der Waals surface area contributed by atoms with E-state index >= 15 is 0 Å². The zero-order chi connectivity index (χ0) is 27.5. The Hall–Kier alpha value is -2.99. The van der Waals surface area contributed by atoms with Crippen LogP contribution in [-0.2, 0) is 37.4 Å². The Kier molecular flexibility index (Phi) is 11.1. The Labute approximate surface area is 225 Å². The molecule has 1 saturated heterocycles. The van der Waals surface area contributed by atoms with Crippen LogP contribution in [0.25, 0.3) is 0 Å². The lowest BCUT2D eigenvalue weighted by molar-refractivity contribution is -0.140. The van der Waals surface area contributed by atoms with Gasteiger partial charge in [-0.25, -0.2) is 8.42 Å². The first-order valence-corrected chi connectivity index (χ1v) is 14.5. The molecule has 1 atom stereocenters. The molecular formula is C27H38N4O6S. The van der Waals surface area contributed by atoms with Crippen LogP contribution in [0.15, 0.2) is 54.6 Å². The molecule has 2 amide bonds. The van der Waals surface area contributed by atoms with Gasteiger partial charge in [0.1, 0.15) is 11.8 Å². The van der Waals surface area contributed by atoms with E-state index in [-0.39, 0.29) is 25.5 Å². The maximum Gasteiger partial charge on any atom is 0.242 e. The molecule has 0 aromatic heterocycles. The summed E-state index contributed by atoms with van der Waals surface area (Å²) in [6, 6.07) is 15.5. The monoisotopic (exact) mass is 546 g/mol. The second-order valence-corrected chi connectivity index (χ2v) is 11.3. The third kappa shape index (κ3) is 9.09. The van der Waals surface area contributed by atoms with E-state index < -0.39 is 22.0 Å². The average molecular weight is 547 g/mol. The quantitative estimate of drug-likeness (QED) is 0.404. The predicted octanol–water partition coefficient (Wildman–Crippen LogP) is 1.32. The van der Waals surface area contributed by atoms with Crippen molar-refractivity contribution in [3.8, 4) is 5.75 Å². The number of methoxy groups -OCH3 is 1. The highest BCUT2D eigenvalue weighted by Gasteiger charge is 2.30. The number of nitrogens with zero attached hydrogens (tertiary/aromatic N) is 3. The molecule has 38 heavy (non-hydrogen) atoms. The van der Waals surface area contributed by atoms with Crippen molar-refractivity contribution in [2.24, 2.45) is 0 Å². The molecule has 208 valence electrons. The molecule has 0 radical (unpaired) electrons. The number of amides is 2. The van der Waals surface area contributed by atoms with Crippen LogP contribution in [0, 0.1) is 0 Å². The minimum atomic E-state index is -3.69. The van der Waals surface area contributed by atoms with Gasteiger partial charge in [-0.05, 0) is 30.2 Å². The lowest BCUT2D eigenvalue weighted by Crippen LogP contribution is -2.52. The number of rotatable bonds is 13. The second kappa shape index (κ2) is 14.2. The van der Waals surface area contributed by atoms with Crippen molar-refractivity contribution in [3.05, 3.63) is 65.7 Å². The molecule has 2 aromatic carbocycles. The van der Waals surface area contributed by atoms with Crippen LogP contribution in [0.3, 0.4) is 0 Å². The van der Waals surface area contributed by atoms with Gasteiger partial charge < -0.3 is 19.7 Å². The fourth-order valence-electron chi connectivity index (χ4n) is 4.14. The average Bonchev–Trinajstić information content (AvgIpc) is 2.92. The Balaban J connectivity index is 1.74. The molecular weight excluding hydrogens is 508 g/mol. The Morgan fingerprint density at radius 2 is 1.66 bits per heavy atom. The van der Waals surface area contributed by atoms with Gasteiger partial charge in [-0.3, -0.25) is 14.5 Å². The Morgan fingerprint density at radius 1 is 1.03 bits per heavy atom. The van der Waals surface area contributed by atoms with Crippen molar-refractivity contribution in [2.75, 3.05) is 59.3 Å². The zero-order valence-corrected chi connectivity index (χ0v) is 23.2. The van der Waals surface area contributed by atoms with Crippen molar-refractivity contribution >= 4 is 21.8 Å². The summed E-state index contributed by atoms with van der Waals surface area (Å²) in [6.45, 7) is 5.59. The summed E-state index contributed by atoms with van der Waals surface area (Å²) in [5.74, 6) is -0.0845. The van der Waals surface area contributed by atoms with Crippen LogP contribution in [0.4, 0.5) is 0 Å². The molecule has 0 bridgehead atoms. The molecule has 10 nitrogen and oxygen atoms in total. The van der Waals surface area contributed by atoms with Gasteiger partial charge in [-0.1, -0.05) is 42.5 Å². The maximum absolute atomic E-state index is 13.6.